The largest absolute Gasteiger partial charge is 0.401 e. The Labute approximate surface area is 241 Å². The number of allylic oxidation sites excluding steroid dienone is 1. The lowest BCUT2D eigenvalue weighted by Gasteiger charge is -2.58. The van der Waals surface area contributed by atoms with Crippen molar-refractivity contribution in [2.75, 3.05) is 0 Å². The number of fused-ring (bicyclic) bond motifs is 5. The maximum atomic E-state index is 10.4. The van der Waals surface area contributed by atoms with E-state index in [1.807, 2.05) is 0 Å². The predicted molar refractivity (Wildman–Crippen MR) is 167 cm³/mol. The van der Waals surface area contributed by atoms with Crippen molar-refractivity contribution in [3.63, 3.8) is 0 Å². The van der Waals surface area contributed by atoms with Crippen molar-refractivity contribution in [3.05, 3.63) is 103 Å². The number of hydrogen-bond acceptors (Lipinski definition) is 2. The van der Waals surface area contributed by atoms with Gasteiger partial charge in [-0.05, 0) is 95.5 Å². The first kappa shape index (κ1) is 26.4. The molecule has 0 amide bonds. The molecule has 0 heterocycles. The van der Waals surface area contributed by atoms with Crippen LogP contribution in [0, 0.1) is 28.6 Å². The van der Waals surface area contributed by atoms with Gasteiger partial charge < -0.3 is 9.53 Å². The van der Waals surface area contributed by atoms with E-state index in [4.69, 9.17) is 4.43 Å². The van der Waals surface area contributed by atoms with Crippen LogP contribution in [0.25, 0.3) is 0 Å². The molecule has 0 aliphatic heterocycles. The zero-order valence-corrected chi connectivity index (χ0v) is 25.1. The Morgan fingerprint density at radius 3 is 1.85 bits per heavy atom. The first-order valence-corrected chi connectivity index (χ1v) is 17.6. The van der Waals surface area contributed by atoms with Crippen LogP contribution in [0.4, 0.5) is 0 Å². The summed E-state index contributed by atoms with van der Waals surface area (Å²) in [6.07, 6.45) is 11.8. The Bertz CT molecular complexity index is 1260. The summed E-state index contributed by atoms with van der Waals surface area (Å²) in [6, 6.07) is 33.3. The van der Waals surface area contributed by atoms with E-state index in [-0.39, 0.29) is 23.0 Å². The van der Waals surface area contributed by atoms with Gasteiger partial charge in [0.05, 0.1) is 12.2 Å². The van der Waals surface area contributed by atoms with E-state index in [0.29, 0.717) is 5.92 Å². The van der Waals surface area contributed by atoms with Crippen LogP contribution in [-0.4, -0.2) is 25.6 Å². The Kier molecular flexibility index (Phi) is 6.69. The molecule has 1 N–H and O–H groups in total. The van der Waals surface area contributed by atoms with E-state index < -0.39 is 8.32 Å². The molecular formula is C37H44O2Si. The van der Waals surface area contributed by atoms with E-state index in [1.165, 1.54) is 41.2 Å². The van der Waals surface area contributed by atoms with Gasteiger partial charge in [0.1, 0.15) is 0 Å². The predicted octanol–water partition coefficient (Wildman–Crippen LogP) is 6.36. The maximum absolute atomic E-state index is 10.4. The minimum absolute atomic E-state index is 0.138. The van der Waals surface area contributed by atoms with E-state index in [0.717, 1.165) is 37.5 Å². The molecule has 0 aromatic heterocycles. The van der Waals surface area contributed by atoms with Gasteiger partial charge in [0.2, 0.25) is 0 Å². The molecule has 4 aliphatic carbocycles. The lowest BCUT2D eigenvalue weighted by atomic mass is 9.48. The molecule has 0 saturated heterocycles. The molecule has 208 valence electrons. The van der Waals surface area contributed by atoms with Gasteiger partial charge in [0.15, 0.2) is 0 Å². The van der Waals surface area contributed by atoms with Crippen molar-refractivity contribution in [1.82, 2.24) is 0 Å². The molecule has 3 fully saturated rings. The molecule has 4 aliphatic rings. The van der Waals surface area contributed by atoms with Gasteiger partial charge in [0.25, 0.3) is 8.32 Å². The third-order valence-corrected chi connectivity index (χ3v) is 15.9. The number of benzene rings is 3. The fraction of sp³-hybridized carbons (Fsp3) is 0.459. The fourth-order valence-corrected chi connectivity index (χ4v) is 13.9. The lowest BCUT2D eigenvalue weighted by molar-refractivity contribution is -0.0659. The molecular weight excluding hydrogens is 504 g/mol. The van der Waals surface area contributed by atoms with Crippen molar-refractivity contribution < 1.29 is 9.53 Å². The van der Waals surface area contributed by atoms with E-state index in [2.05, 4.69) is 111 Å². The lowest BCUT2D eigenvalue weighted by Crippen LogP contribution is -2.71. The highest BCUT2D eigenvalue weighted by molar-refractivity contribution is 7.07. The standard InChI is InChI=1S/C37H44O2Si/c1-36-24-22-28(38)26-27(36)18-19-32-33-20-21-35(37(33,2)25-23-34(32)36)39-40(29-12-6-3-7-13-29,30-14-8-4-9-15-30)31-16-10-5-11-17-31/h3-18,28,32-35,38H,19-26H2,1-2H3/t28-,32-,33-,34-,35-,36-,37-/m0/s1. The average molecular weight is 549 g/mol. The smallest absolute Gasteiger partial charge is 0.288 e. The van der Waals surface area contributed by atoms with E-state index in [1.54, 1.807) is 5.57 Å². The highest BCUT2D eigenvalue weighted by Gasteiger charge is 2.60. The van der Waals surface area contributed by atoms with Crippen molar-refractivity contribution in [2.45, 2.75) is 77.4 Å². The molecule has 2 nitrogen and oxygen atoms in total. The topological polar surface area (TPSA) is 29.5 Å². The van der Waals surface area contributed by atoms with Crippen LogP contribution in [0.3, 0.4) is 0 Å². The summed E-state index contributed by atoms with van der Waals surface area (Å²) in [5.74, 6) is 2.18. The first-order chi connectivity index (χ1) is 19.4. The number of aliphatic hydroxyl groups is 1. The molecule has 3 aromatic rings. The van der Waals surface area contributed by atoms with Crippen molar-refractivity contribution in [1.29, 1.82) is 0 Å². The van der Waals surface area contributed by atoms with Crippen LogP contribution in [-0.2, 0) is 4.43 Å². The monoisotopic (exact) mass is 548 g/mol. The highest BCUT2D eigenvalue weighted by Crippen LogP contribution is 2.65. The van der Waals surface area contributed by atoms with Crippen LogP contribution >= 0.6 is 0 Å². The second-order valence-electron chi connectivity index (χ2n) is 13.7. The molecule has 0 radical (unpaired) electrons. The summed E-state index contributed by atoms with van der Waals surface area (Å²) >= 11 is 0. The molecule has 40 heavy (non-hydrogen) atoms. The van der Waals surface area contributed by atoms with Crippen LogP contribution in [0.1, 0.15) is 65.2 Å². The van der Waals surface area contributed by atoms with Crippen LogP contribution < -0.4 is 15.6 Å². The molecule has 0 unspecified atom stereocenters. The van der Waals surface area contributed by atoms with Gasteiger partial charge in [0, 0.05) is 0 Å². The summed E-state index contributed by atoms with van der Waals surface area (Å²) in [6.45, 7) is 5.11. The van der Waals surface area contributed by atoms with E-state index >= 15 is 0 Å². The molecule has 3 heteroatoms. The number of hydrogen-bond donors (Lipinski definition) is 1. The van der Waals surface area contributed by atoms with E-state index in [9.17, 15) is 5.11 Å². The van der Waals surface area contributed by atoms with Gasteiger partial charge in [-0.1, -0.05) is 116 Å². The zero-order chi connectivity index (χ0) is 27.4. The summed E-state index contributed by atoms with van der Waals surface area (Å²) in [5.41, 5.74) is 2.03. The highest BCUT2D eigenvalue weighted by atomic mass is 28.4. The summed E-state index contributed by atoms with van der Waals surface area (Å²) in [7, 11) is -2.75. The molecule has 3 aromatic carbocycles. The summed E-state index contributed by atoms with van der Waals surface area (Å²) in [5, 5.41) is 14.4. The zero-order valence-electron chi connectivity index (χ0n) is 24.1. The Hall–Kier alpha value is -2.46. The first-order valence-electron chi connectivity index (χ1n) is 15.7. The molecule has 0 spiro atoms. The third kappa shape index (κ3) is 4.03. The van der Waals surface area contributed by atoms with Crippen molar-refractivity contribution >= 4 is 23.9 Å². The fourth-order valence-electron chi connectivity index (χ4n) is 9.72. The van der Waals surface area contributed by atoms with Gasteiger partial charge >= 0.3 is 0 Å². The molecule has 7 atom stereocenters. The Balaban J connectivity index is 1.28. The minimum Gasteiger partial charge on any atom is -0.401 e. The molecule has 0 bridgehead atoms. The van der Waals surface area contributed by atoms with Gasteiger partial charge in [-0.3, -0.25) is 0 Å². The SMILES string of the molecule is C[C@]12CC[C@H]3[C@@H](CC=C4C[C@@H](O)CC[C@@]43C)[C@@H]1CC[C@@H]2O[Si](c1ccccc1)(c1ccccc1)c1ccccc1. The van der Waals surface area contributed by atoms with Crippen molar-refractivity contribution in [3.8, 4) is 0 Å². The minimum atomic E-state index is -2.75. The van der Waals surface area contributed by atoms with Crippen LogP contribution in [0.15, 0.2) is 103 Å². The van der Waals surface area contributed by atoms with Crippen LogP contribution in [0.2, 0.25) is 0 Å². The molecule has 3 saturated carbocycles. The maximum Gasteiger partial charge on any atom is 0.288 e. The second-order valence-corrected chi connectivity index (χ2v) is 17.0. The second kappa shape index (κ2) is 10.1. The molecule has 7 rings (SSSR count). The van der Waals surface area contributed by atoms with Gasteiger partial charge in [-0.25, -0.2) is 0 Å². The summed E-state index contributed by atoms with van der Waals surface area (Å²) < 4.78 is 7.85. The van der Waals surface area contributed by atoms with Gasteiger partial charge in [-0.2, -0.15) is 0 Å². The average Bonchev–Trinajstić information content (AvgIpc) is 3.33. The van der Waals surface area contributed by atoms with Gasteiger partial charge in [-0.15, -0.1) is 0 Å². The third-order valence-electron chi connectivity index (χ3n) is 11.9. The number of aliphatic hydroxyl groups excluding tert-OH is 1. The number of rotatable bonds is 5. The normalized spacial score (nSPS) is 35.3. The Morgan fingerprint density at radius 2 is 1.27 bits per heavy atom. The quantitative estimate of drug-likeness (QED) is 0.228. The van der Waals surface area contributed by atoms with Crippen LogP contribution in [0.5, 0.6) is 0 Å². The van der Waals surface area contributed by atoms with Crippen molar-refractivity contribution in [2.24, 2.45) is 28.6 Å². The Morgan fingerprint density at radius 1 is 0.700 bits per heavy atom. The summed E-state index contributed by atoms with van der Waals surface area (Å²) in [4.78, 5) is 0.